The van der Waals surface area contributed by atoms with Gasteiger partial charge in [0.15, 0.2) is 5.96 Å². The lowest BCUT2D eigenvalue weighted by Crippen LogP contribution is -2.47. The van der Waals surface area contributed by atoms with E-state index < -0.39 is 0 Å². The summed E-state index contributed by atoms with van der Waals surface area (Å²) < 4.78 is 14.2. The third kappa shape index (κ3) is 5.56. The van der Waals surface area contributed by atoms with E-state index in [2.05, 4.69) is 10.2 Å². The van der Waals surface area contributed by atoms with Gasteiger partial charge in [0, 0.05) is 31.5 Å². The Bertz CT molecular complexity index is 678. The van der Waals surface area contributed by atoms with Gasteiger partial charge in [0.1, 0.15) is 5.82 Å². The number of rotatable bonds is 6. The van der Waals surface area contributed by atoms with Crippen molar-refractivity contribution in [3.63, 3.8) is 0 Å². The molecule has 2 aliphatic rings. The second-order valence-electron chi connectivity index (χ2n) is 7.56. The summed E-state index contributed by atoms with van der Waals surface area (Å²) in [7, 11) is 0. The van der Waals surface area contributed by atoms with Gasteiger partial charge < -0.3 is 16.0 Å². The Morgan fingerprint density at radius 2 is 2.15 bits per heavy atom. The number of hydrogen-bond donors (Lipinski definition) is 2. The highest BCUT2D eigenvalue weighted by atomic mass is 127. The fourth-order valence-electron chi connectivity index (χ4n) is 3.92. The number of benzene rings is 1. The third-order valence-corrected chi connectivity index (χ3v) is 5.47. The average molecular weight is 488 g/mol. The van der Waals surface area contributed by atoms with Gasteiger partial charge >= 0.3 is 0 Å². The van der Waals surface area contributed by atoms with Crippen LogP contribution < -0.4 is 11.1 Å². The van der Waals surface area contributed by atoms with E-state index in [1.807, 2.05) is 19.1 Å². The van der Waals surface area contributed by atoms with Crippen LogP contribution in [0.25, 0.3) is 0 Å². The van der Waals surface area contributed by atoms with Gasteiger partial charge in [-0.2, -0.15) is 0 Å². The number of piperidine rings is 1. The normalized spacial score (nSPS) is 21.3. The zero-order valence-electron chi connectivity index (χ0n) is 15.9. The minimum atomic E-state index is -0.240. The minimum absolute atomic E-state index is 0. The van der Waals surface area contributed by atoms with Gasteiger partial charge in [0.05, 0.1) is 6.54 Å². The highest BCUT2D eigenvalue weighted by Crippen LogP contribution is 2.49. The van der Waals surface area contributed by atoms with Crippen LogP contribution in [0, 0.1) is 11.7 Å². The predicted molar refractivity (Wildman–Crippen MR) is 117 cm³/mol. The molecule has 0 bridgehead atoms. The molecule has 1 aromatic carbocycles. The second-order valence-corrected chi connectivity index (χ2v) is 7.56. The Kier molecular flexibility index (Phi) is 7.88. The quantitative estimate of drug-likeness (QED) is 0.368. The van der Waals surface area contributed by atoms with Crippen LogP contribution in [0.5, 0.6) is 0 Å². The number of halogens is 2. The van der Waals surface area contributed by atoms with Crippen molar-refractivity contribution in [1.82, 2.24) is 10.2 Å². The van der Waals surface area contributed by atoms with Crippen LogP contribution in [0.1, 0.15) is 44.6 Å². The number of guanidine groups is 1. The maximum Gasteiger partial charge on any atom is 0.217 e. The van der Waals surface area contributed by atoms with Crippen LogP contribution in [0.4, 0.5) is 4.39 Å². The number of nitrogens with two attached hydrogens (primary N) is 1. The number of nitrogens with one attached hydrogen (secondary N) is 1. The number of primary amides is 1. The summed E-state index contributed by atoms with van der Waals surface area (Å²) in [5, 5.41) is 3.36. The molecule has 1 aliphatic heterocycles. The largest absolute Gasteiger partial charge is 0.370 e. The van der Waals surface area contributed by atoms with E-state index in [1.54, 1.807) is 6.07 Å². The van der Waals surface area contributed by atoms with E-state index in [4.69, 9.17) is 10.7 Å². The smallest absolute Gasteiger partial charge is 0.217 e. The molecule has 5 nitrogen and oxygen atoms in total. The topological polar surface area (TPSA) is 70.7 Å². The Balaban J connectivity index is 0.00000261. The zero-order chi connectivity index (χ0) is 18.6. The van der Waals surface area contributed by atoms with Gasteiger partial charge in [0.25, 0.3) is 0 Å². The van der Waals surface area contributed by atoms with Crippen LogP contribution in [-0.4, -0.2) is 42.9 Å². The molecule has 1 heterocycles. The predicted octanol–water partition coefficient (Wildman–Crippen LogP) is 3.03. The maximum atomic E-state index is 14.2. The minimum Gasteiger partial charge on any atom is -0.370 e. The molecule has 1 atom stereocenters. The van der Waals surface area contributed by atoms with Crippen LogP contribution in [0.15, 0.2) is 29.3 Å². The number of likely N-dealkylation sites (tertiary alicyclic amines) is 1. The van der Waals surface area contributed by atoms with Crippen molar-refractivity contribution in [2.24, 2.45) is 16.6 Å². The molecule has 7 heteroatoms. The summed E-state index contributed by atoms with van der Waals surface area (Å²) in [6.07, 6.45) is 4.43. The molecule has 1 aliphatic carbocycles. The SMILES string of the molecule is CCNC(=NCC1(c2ccccc2F)CC1)N1CCCC(CC(N)=O)C1.I. The summed E-state index contributed by atoms with van der Waals surface area (Å²) in [6, 6.07) is 7.04. The number of amides is 1. The van der Waals surface area contributed by atoms with Gasteiger partial charge in [0.2, 0.25) is 5.91 Å². The van der Waals surface area contributed by atoms with Crippen molar-refractivity contribution in [1.29, 1.82) is 0 Å². The maximum absolute atomic E-state index is 14.2. The number of nitrogens with zero attached hydrogens (tertiary/aromatic N) is 2. The third-order valence-electron chi connectivity index (χ3n) is 5.47. The molecule has 2 fully saturated rings. The number of hydrogen-bond acceptors (Lipinski definition) is 2. The van der Waals surface area contributed by atoms with Crippen molar-refractivity contribution in [2.45, 2.75) is 44.4 Å². The highest BCUT2D eigenvalue weighted by molar-refractivity contribution is 14.0. The molecule has 3 N–H and O–H groups in total. The average Bonchev–Trinajstić information content (AvgIpc) is 3.39. The number of carbonyl (C=O) groups excluding carboxylic acids is 1. The summed E-state index contributed by atoms with van der Waals surface area (Å²) in [5.74, 6) is 0.774. The van der Waals surface area contributed by atoms with Crippen LogP contribution >= 0.6 is 24.0 Å². The van der Waals surface area contributed by atoms with Crippen molar-refractivity contribution < 1.29 is 9.18 Å². The summed E-state index contributed by atoms with van der Waals surface area (Å²) in [5.41, 5.74) is 5.99. The summed E-state index contributed by atoms with van der Waals surface area (Å²) in [6.45, 7) is 5.13. The Hall–Kier alpha value is -1.38. The molecule has 1 amide bonds. The lowest BCUT2D eigenvalue weighted by molar-refractivity contribution is -0.119. The zero-order valence-corrected chi connectivity index (χ0v) is 18.2. The van der Waals surface area contributed by atoms with Gasteiger partial charge in [-0.3, -0.25) is 9.79 Å². The van der Waals surface area contributed by atoms with Crippen LogP contribution in [-0.2, 0) is 10.2 Å². The van der Waals surface area contributed by atoms with Crippen molar-refractivity contribution in [3.8, 4) is 0 Å². The van der Waals surface area contributed by atoms with Crippen LogP contribution in [0.3, 0.4) is 0 Å². The number of aliphatic imine (C=N–C) groups is 1. The number of carbonyl (C=O) groups is 1. The Morgan fingerprint density at radius 1 is 1.41 bits per heavy atom. The van der Waals surface area contributed by atoms with Gasteiger partial charge in [-0.1, -0.05) is 18.2 Å². The molecule has 150 valence electrons. The fraction of sp³-hybridized carbons (Fsp3) is 0.600. The summed E-state index contributed by atoms with van der Waals surface area (Å²) >= 11 is 0. The monoisotopic (exact) mass is 488 g/mol. The van der Waals surface area contributed by atoms with E-state index in [1.165, 1.54) is 6.07 Å². The van der Waals surface area contributed by atoms with Gasteiger partial charge in [-0.15, -0.1) is 24.0 Å². The van der Waals surface area contributed by atoms with Crippen molar-refractivity contribution in [3.05, 3.63) is 35.6 Å². The Morgan fingerprint density at radius 3 is 2.78 bits per heavy atom. The van der Waals surface area contributed by atoms with Gasteiger partial charge in [-0.25, -0.2) is 4.39 Å². The van der Waals surface area contributed by atoms with E-state index in [0.717, 1.165) is 56.8 Å². The molecule has 1 aromatic rings. The molecule has 0 radical (unpaired) electrons. The van der Waals surface area contributed by atoms with E-state index >= 15 is 0 Å². The molecule has 1 saturated heterocycles. The molecule has 1 unspecified atom stereocenters. The molecule has 1 saturated carbocycles. The molecular formula is C20H30FIN4O. The van der Waals surface area contributed by atoms with E-state index in [-0.39, 0.29) is 47.0 Å². The lowest BCUT2D eigenvalue weighted by Gasteiger charge is -2.35. The molecular weight excluding hydrogens is 458 g/mol. The molecule has 0 aromatic heterocycles. The first kappa shape index (κ1) is 21.9. The second kappa shape index (κ2) is 9.71. The molecule has 27 heavy (non-hydrogen) atoms. The first-order chi connectivity index (χ1) is 12.5. The fourth-order valence-corrected chi connectivity index (χ4v) is 3.92. The molecule has 0 spiro atoms. The summed E-state index contributed by atoms with van der Waals surface area (Å²) in [4.78, 5) is 18.3. The van der Waals surface area contributed by atoms with Gasteiger partial charge in [-0.05, 0) is 50.2 Å². The van der Waals surface area contributed by atoms with Crippen molar-refractivity contribution >= 4 is 35.8 Å². The Labute approximate surface area is 178 Å². The van der Waals surface area contributed by atoms with Crippen LogP contribution in [0.2, 0.25) is 0 Å². The van der Waals surface area contributed by atoms with Crippen molar-refractivity contribution in [2.75, 3.05) is 26.2 Å². The highest BCUT2D eigenvalue weighted by Gasteiger charge is 2.46. The first-order valence-corrected chi connectivity index (χ1v) is 9.60. The first-order valence-electron chi connectivity index (χ1n) is 9.60. The standard InChI is InChI=1S/C20H29FN4O.HI/c1-2-23-19(25-11-5-6-15(13-25)12-18(22)26)24-14-20(9-10-20)16-7-3-4-8-17(16)21;/h3-4,7-8,15H,2,5-6,9-14H2,1H3,(H2,22,26)(H,23,24);1H. The van der Waals surface area contributed by atoms with E-state index in [9.17, 15) is 9.18 Å². The lowest BCUT2D eigenvalue weighted by atomic mass is 9.94. The van der Waals surface area contributed by atoms with E-state index in [0.29, 0.717) is 13.0 Å². The molecule has 3 rings (SSSR count).